The zero-order valence-electron chi connectivity index (χ0n) is 30.8. The lowest BCUT2D eigenvalue weighted by molar-refractivity contribution is -0.848. The van der Waals surface area contributed by atoms with Gasteiger partial charge in [-0.05, 0) is 82.4 Å². The molecule has 4 aromatic rings. The summed E-state index contributed by atoms with van der Waals surface area (Å²) >= 11 is 0. The Kier molecular flexibility index (Phi) is 8.15. The van der Waals surface area contributed by atoms with Crippen LogP contribution in [0.4, 0.5) is 11.6 Å². The number of carbonyl (C=O) groups is 1. The van der Waals surface area contributed by atoms with Gasteiger partial charge in [-0.25, -0.2) is 14.8 Å². The minimum absolute atomic E-state index is 0.0319. The zero-order valence-corrected chi connectivity index (χ0v) is 30.8. The number of carbonyl (C=O) groups excluding carboxylic acids is 1. The molecule has 2 fully saturated rings. The van der Waals surface area contributed by atoms with Crippen molar-refractivity contribution < 1.29 is 38.5 Å². The summed E-state index contributed by atoms with van der Waals surface area (Å²) in [6, 6.07) is 10.4. The number of anilines is 2. The fraction of sp³-hybridized carbons (Fsp3) is 0.390. The third-order valence-electron chi connectivity index (χ3n) is 11.4. The van der Waals surface area contributed by atoms with Gasteiger partial charge in [-0.2, -0.15) is 0 Å². The summed E-state index contributed by atoms with van der Waals surface area (Å²) in [5.41, 5.74) is 15.7. The molecule has 3 aromatic heterocycles. The number of phenolic OH excluding ortho intramolecular Hbond substituents is 1. The maximum Gasteiger partial charge on any atom is 0.341 e. The number of nitrogen functional groups attached to an aromatic ring is 2. The predicted octanol–water partition coefficient (Wildman–Crippen LogP) is 3.16. The molecule has 14 heteroatoms. The number of pyridine rings is 2. The maximum absolute atomic E-state index is 14.1. The topological polar surface area (TPSA) is 213 Å². The summed E-state index contributed by atoms with van der Waals surface area (Å²) < 4.78 is 24.6. The minimum Gasteiger partial charge on any atom is -0.507 e. The number of phenols is 1. The van der Waals surface area contributed by atoms with Gasteiger partial charge in [-0.15, -0.1) is 0 Å². The van der Waals surface area contributed by atoms with E-state index in [1.807, 2.05) is 38.3 Å². The van der Waals surface area contributed by atoms with E-state index in [0.717, 1.165) is 34.7 Å². The average molecular weight is 748 g/mol. The van der Waals surface area contributed by atoms with Gasteiger partial charge in [0.05, 0.1) is 29.2 Å². The molecule has 0 bridgehead atoms. The van der Waals surface area contributed by atoms with Gasteiger partial charge in [0, 0.05) is 41.8 Å². The Bertz CT molecular complexity index is 2440. The standard InChI is InChI=1S/C41H42N6O8/c1-20-10-29(49)36-30(52-20)15-31-35(37(36)50)26-6-5-25(48)16-41(39(51)53-38(26)40(2,3)54-31)32(55-41)7-4-21-11-27(46-33(42)12-21)23-13-24(45-34(43)14-23)18-47-17-22-8-9-44-28(22)19-47/h8-15,17,25-26,32,38,48,50H,4-7,16,18-19H2,1-3H3,(H2,42,46)(H2,43,45)/p+1/t25-,26-,32-,38-,41+/m1/s1. The number of ether oxygens (including phenoxy) is 3. The monoisotopic (exact) mass is 747 g/mol. The number of nitrogens with one attached hydrogen (secondary N) is 1. The number of aliphatic hydroxyl groups excluding tert-OH is 1. The Morgan fingerprint density at radius 2 is 1.85 bits per heavy atom. The molecule has 14 nitrogen and oxygen atoms in total. The number of hydrogen-bond acceptors (Lipinski definition) is 13. The summed E-state index contributed by atoms with van der Waals surface area (Å²) in [5.74, 6) is 0.0283. The fourth-order valence-corrected chi connectivity index (χ4v) is 8.89. The van der Waals surface area contributed by atoms with Gasteiger partial charge in [-0.3, -0.25) is 14.7 Å². The largest absolute Gasteiger partial charge is 0.507 e. The van der Waals surface area contributed by atoms with Crippen LogP contribution in [0.15, 0.2) is 74.7 Å². The van der Waals surface area contributed by atoms with Crippen molar-refractivity contribution in [3.63, 3.8) is 0 Å². The van der Waals surface area contributed by atoms with Gasteiger partial charge in [0.25, 0.3) is 0 Å². The van der Waals surface area contributed by atoms with Crippen molar-refractivity contribution in [1.82, 2.24) is 9.97 Å². The van der Waals surface area contributed by atoms with Gasteiger partial charge < -0.3 is 40.3 Å². The minimum atomic E-state index is -1.35. The van der Waals surface area contributed by atoms with E-state index in [1.54, 1.807) is 25.1 Å². The number of quaternary nitrogens is 1. The highest BCUT2D eigenvalue weighted by atomic mass is 16.7. The van der Waals surface area contributed by atoms with E-state index >= 15 is 0 Å². The number of benzene rings is 1. The van der Waals surface area contributed by atoms with Crippen LogP contribution in [0.3, 0.4) is 0 Å². The maximum atomic E-state index is 14.1. The molecule has 0 saturated carbocycles. The van der Waals surface area contributed by atoms with Gasteiger partial charge in [0.2, 0.25) is 0 Å². The molecule has 0 radical (unpaired) electrons. The lowest BCUT2D eigenvalue weighted by Gasteiger charge is -2.44. The molecule has 8 heterocycles. The first-order valence-electron chi connectivity index (χ1n) is 18.7. The number of aryl methyl sites for hydroxylation is 2. The number of rotatable bonds is 6. The van der Waals surface area contributed by atoms with Crippen LogP contribution in [0.1, 0.15) is 68.0 Å². The highest BCUT2D eigenvalue weighted by molar-refractivity contribution is 6.06. The Morgan fingerprint density at radius 1 is 1.04 bits per heavy atom. The number of epoxide rings is 1. The van der Waals surface area contributed by atoms with Crippen LogP contribution in [0.2, 0.25) is 0 Å². The Labute approximate surface area is 316 Å². The van der Waals surface area contributed by atoms with Crippen molar-refractivity contribution in [2.24, 2.45) is 4.99 Å². The molecule has 1 aromatic carbocycles. The second kappa shape index (κ2) is 12.8. The lowest BCUT2D eigenvalue weighted by Crippen LogP contribution is -3.05. The molecule has 284 valence electrons. The molecule has 2 saturated heterocycles. The van der Waals surface area contributed by atoms with Gasteiger partial charge >= 0.3 is 5.97 Å². The quantitative estimate of drug-likeness (QED) is 0.142. The van der Waals surface area contributed by atoms with Crippen LogP contribution in [0.5, 0.6) is 11.5 Å². The van der Waals surface area contributed by atoms with Crippen LogP contribution in [-0.2, 0) is 27.2 Å². The average Bonchev–Trinajstić information content (AvgIpc) is 3.37. The molecule has 5 aliphatic heterocycles. The first-order valence-corrected chi connectivity index (χ1v) is 18.7. The van der Waals surface area contributed by atoms with Crippen molar-refractivity contribution in [3.05, 3.63) is 93.3 Å². The van der Waals surface area contributed by atoms with Crippen molar-refractivity contribution in [3.8, 4) is 22.8 Å². The number of aliphatic hydroxyl groups is 1. The summed E-state index contributed by atoms with van der Waals surface area (Å²) in [6.45, 7) is 6.71. The number of allylic oxidation sites excluding steroid dienone is 1. The number of aliphatic imine (C=N–C) groups is 1. The summed E-state index contributed by atoms with van der Waals surface area (Å²) in [5, 5.41) is 22.8. The third kappa shape index (κ3) is 6.23. The molecule has 55 heavy (non-hydrogen) atoms. The molecular formula is C41H43N6O8+. The van der Waals surface area contributed by atoms with Crippen LogP contribution in [0.25, 0.3) is 22.2 Å². The van der Waals surface area contributed by atoms with Crippen molar-refractivity contribution >= 4 is 34.3 Å². The van der Waals surface area contributed by atoms with E-state index in [-0.39, 0.29) is 28.6 Å². The Morgan fingerprint density at radius 3 is 2.67 bits per heavy atom. The van der Waals surface area contributed by atoms with E-state index in [1.165, 1.54) is 11.0 Å². The number of aromatic nitrogens is 2. The molecule has 6 atom stereocenters. The number of aromatic hydroxyl groups is 1. The Balaban J connectivity index is 0.936. The molecule has 1 unspecified atom stereocenters. The first-order chi connectivity index (χ1) is 26.3. The van der Waals surface area contributed by atoms with E-state index in [4.69, 9.17) is 30.1 Å². The zero-order chi connectivity index (χ0) is 38.4. The fourth-order valence-electron chi connectivity index (χ4n) is 8.89. The molecular weight excluding hydrogens is 704 g/mol. The third-order valence-corrected chi connectivity index (χ3v) is 11.4. The van der Waals surface area contributed by atoms with Crippen LogP contribution in [0, 0.1) is 6.92 Å². The van der Waals surface area contributed by atoms with Gasteiger partial charge in [0.15, 0.2) is 11.0 Å². The second-order valence-electron chi connectivity index (χ2n) is 15.9. The van der Waals surface area contributed by atoms with E-state index in [9.17, 15) is 19.8 Å². The van der Waals surface area contributed by atoms with Crippen LogP contribution in [-0.4, -0.2) is 67.9 Å². The molecule has 0 amide bonds. The number of hydrogen-bond donors (Lipinski definition) is 5. The van der Waals surface area contributed by atoms with E-state index in [0.29, 0.717) is 66.6 Å². The van der Waals surface area contributed by atoms with E-state index in [2.05, 4.69) is 21.2 Å². The summed E-state index contributed by atoms with van der Waals surface area (Å²) in [4.78, 5) is 41.9. The lowest BCUT2D eigenvalue weighted by atomic mass is 9.77. The van der Waals surface area contributed by atoms with Crippen LogP contribution < -0.4 is 26.5 Å². The molecule has 1 spiro atoms. The summed E-state index contributed by atoms with van der Waals surface area (Å²) in [6.07, 6.45) is 5.41. The highest BCUT2D eigenvalue weighted by Crippen LogP contribution is 2.53. The molecule has 0 aliphatic carbocycles. The molecule has 9 rings (SSSR count). The second-order valence-corrected chi connectivity index (χ2v) is 15.9. The van der Waals surface area contributed by atoms with Crippen LogP contribution >= 0.6 is 0 Å². The van der Waals surface area contributed by atoms with Crippen molar-refractivity contribution in [2.75, 3.05) is 18.0 Å². The number of fused-ring (bicyclic) bond motifs is 5. The van der Waals surface area contributed by atoms with Crippen molar-refractivity contribution in [1.29, 1.82) is 0 Å². The summed E-state index contributed by atoms with van der Waals surface area (Å²) in [7, 11) is 0. The molecule has 7 N–H and O–H groups in total. The smallest absolute Gasteiger partial charge is 0.341 e. The van der Waals surface area contributed by atoms with Gasteiger partial charge in [-0.1, -0.05) is 0 Å². The number of esters is 1. The predicted molar refractivity (Wildman–Crippen MR) is 202 cm³/mol. The molecule has 5 aliphatic rings. The number of nitrogens with zero attached hydrogens (tertiary/aromatic N) is 3. The Hall–Kier alpha value is -5.57. The highest BCUT2D eigenvalue weighted by Gasteiger charge is 2.65. The van der Waals surface area contributed by atoms with Crippen molar-refractivity contribution in [2.45, 2.75) is 94.9 Å². The van der Waals surface area contributed by atoms with Gasteiger partial charge in [0.1, 0.15) is 76.6 Å². The number of nitrogens with two attached hydrogens (primary N) is 2. The van der Waals surface area contributed by atoms with E-state index < -0.39 is 41.4 Å². The SMILES string of the molecule is Cc1cc(=O)c2c(O)c3c(cc2o1)OC(C)(C)[C@@H]1OC(=O)[C@@]2(C[C@H](O)CC[C@H]31)O[C@@H]2CCc1cc(N)nc(-c2cc(N)nc(C[NH+]3C=C4C=CN=C4C3)c2)c1. The normalized spacial score (nSPS) is 27.6. The first kappa shape index (κ1) is 35.2.